The molecular formula is C18H24N4O4. The van der Waals surface area contributed by atoms with Crippen LogP contribution in [0, 0.1) is 0 Å². The number of hydrogen-bond donors (Lipinski definition) is 2. The highest BCUT2D eigenvalue weighted by atomic mass is 16.5. The van der Waals surface area contributed by atoms with Gasteiger partial charge in [-0.2, -0.15) is 0 Å². The third kappa shape index (κ3) is 4.25. The molecule has 0 atom stereocenters. The van der Waals surface area contributed by atoms with Gasteiger partial charge in [-0.25, -0.2) is 15.2 Å². The number of hydrogen-bond acceptors (Lipinski definition) is 4. The van der Waals surface area contributed by atoms with Crippen LogP contribution < -0.4 is 20.4 Å². The summed E-state index contributed by atoms with van der Waals surface area (Å²) in [4.78, 5) is 38.3. The van der Waals surface area contributed by atoms with Gasteiger partial charge in [0.25, 0.3) is 5.91 Å². The smallest absolute Gasteiger partial charge is 0.333 e. The fraction of sp³-hybridized carbons (Fsp3) is 0.500. The Balaban J connectivity index is 1.58. The number of benzene rings is 1. The van der Waals surface area contributed by atoms with Gasteiger partial charge < -0.3 is 15.0 Å². The number of carbonyl (C=O) groups excluding carboxylic acids is 3. The summed E-state index contributed by atoms with van der Waals surface area (Å²) in [5.74, 6) is -0.00260. The minimum atomic E-state index is -0.437. The second-order valence-corrected chi connectivity index (χ2v) is 6.58. The molecule has 1 saturated carbocycles. The van der Waals surface area contributed by atoms with Crippen molar-refractivity contribution >= 4 is 23.5 Å². The topological polar surface area (TPSA) is 91.0 Å². The molecule has 140 valence electrons. The lowest BCUT2D eigenvalue weighted by Gasteiger charge is -2.34. The second kappa shape index (κ2) is 8.07. The van der Waals surface area contributed by atoms with Crippen molar-refractivity contribution in [2.75, 3.05) is 25.1 Å². The molecule has 2 aliphatic rings. The van der Waals surface area contributed by atoms with Gasteiger partial charge in [0.1, 0.15) is 18.8 Å². The van der Waals surface area contributed by atoms with Crippen molar-refractivity contribution in [2.45, 2.75) is 38.1 Å². The van der Waals surface area contributed by atoms with E-state index in [1.54, 1.807) is 31.4 Å². The number of rotatable bonds is 4. The van der Waals surface area contributed by atoms with Crippen molar-refractivity contribution in [3.63, 3.8) is 0 Å². The van der Waals surface area contributed by atoms with Crippen molar-refractivity contribution < 1.29 is 19.1 Å². The number of carbonyl (C=O) groups is 3. The van der Waals surface area contributed by atoms with Crippen molar-refractivity contribution in [3.05, 3.63) is 24.3 Å². The summed E-state index contributed by atoms with van der Waals surface area (Å²) in [6.07, 6.45) is 5.29. The van der Waals surface area contributed by atoms with Crippen LogP contribution in [0.3, 0.4) is 0 Å². The molecule has 0 bridgehead atoms. The zero-order valence-corrected chi connectivity index (χ0v) is 14.9. The first-order valence-corrected chi connectivity index (χ1v) is 8.89. The Bertz CT molecular complexity index is 688. The molecule has 1 aromatic rings. The van der Waals surface area contributed by atoms with Crippen molar-refractivity contribution in [3.8, 4) is 5.75 Å². The molecule has 1 aliphatic heterocycles. The van der Waals surface area contributed by atoms with E-state index in [0.717, 1.165) is 30.7 Å². The van der Waals surface area contributed by atoms with Gasteiger partial charge in [0.05, 0.1) is 7.11 Å². The van der Waals surface area contributed by atoms with E-state index in [4.69, 9.17) is 4.74 Å². The van der Waals surface area contributed by atoms with Gasteiger partial charge in [0.2, 0.25) is 5.91 Å². The normalized spacial score (nSPS) is 18.7. The maximum atomic E-state index is 12.4. The van der Waals surface area contributed by atoms with E-state index in [-0.39, 0.29) is 30.9 Å². The maximum absolute atomic E-state index is 12.4. The van der Waals surface area contributed by atoms with Gasteiger partial charge >= 0.3 is 6.03 Å². The summed E-state index contributed by atoms with van der Waals surface area (Å²) in [5, 5.41) is 3.95. The van der Waals surface area contributed by atoms with Gasteiger partial charge in [-0.05, 0) is 25.0 Å². The second-order valence-electron chi connectivity index (χ2n) is 6.58. The van der Waals surface area contributed by atoms with Crippen molar-refractivity contribution in [1.82, 2.24) is 15.8 Å². The Labute approximate surface area is 152 Å². The fourth-order valence-electron chi connectivity index (χ4n) is 3.32. The van der Waals surface area contributed by atoms with E-state index < -0.39 is 6.03 Å². The standard InChI is InChI=1S/C18H24N4O4/c1-26-15-9-5-8-14(10-15)21-11-17(24)22(12-16(21)23)20-18(25)19-13-6-3-2-4-7-13/h5,8-10,13H,2-4,6-7,11-12H2,1H3,(H2,19,20,25). The molecule has 0 unspecified atom stereocenters. The molecule has 1 heterocycles. The third-order valence-corrected chi connectivity index (χ3v) is 4.73. The Morgan fingerprint density at radius 3 is 2.62 bits per heavy atom. The Morgan fingerprint density at radius 1 is 1.12 bits per heavy atom. The van der Waals surface area contributed by atoms with Crippen LogP contribution in [0.5, 0.6) is 5.75 Å². The van der Waals surface area contributed by atoms with Crippen molar-refractivity contribution in [2.24, 2.45) is 0 Å². The quantitative estimate of drug-likeness (QED) is 0.850. The zero-order chi connectivity index (χ0) is 18.5. The van der Waals surface area contributed by atoms with E-state index in [9.17, 15) is 14.4 Å². The summed E-state index contributed by atoms with van der Waals surface area (Å²) < 4.78 is 5.16. The highest BCUT2D eigenvalue weighted by Crippen LogP contribution is 2.22. The number of anilines is 1. The third-order valence-electron chi connectivity index (χ3n) is 4.73. The Kier molecular flexibility index (Phi) is 5.60. The highest BCUT2D eigenvalue weighted by molar-refractivity contribution is 6.05. The zero-order valence-electron chi connectivity index (χ0n) is 14.9. The molecular weight excluding hydrogens is 336 g/mol. The minimum Gasteiger partial charge on any atom is -0.497 e. The Morgan fingerprint density at radius 2 is 1.88 bits per heavy atom. The lowest BCUT2D eigenvalue weighted by molar-refractivity contribution is -0.140. The van der Waals surface area contributed by atoms with E-state index in [1.807, 2.05) is 0 Å². The van der Waals surface area contributed by atoms with Gasteiger partial charge in [-0.3, -0.25) is 9.59 Å². The lowest BCUT2D eigenvalue weighted by atomic mass is 9.96. The summed E-state index contributed by atoms with van der Waals surface area (Å²) in [6, 6.07) is 6.66. The van der Waals surface area contributed by atoms with Crippen LogP contribution in [-0.4, -0.2) is 49.1 Å². The molecule has 1 saturated heterocycles. The first-order valence-electron chi connectivity index (χ1n) is 8.89. The van der Waals surface area contributed by atoms with Gasteiger partial charge in [0, 0.05) is 17.8 Å². The van der Waals surface area contributed by atoms with Crippen LogP contribution in [0.15, 0.2) is 24.3 Å². The average Bonchev–Trinajstić information content (AvgIpc) is 2.65. The molecule has 1 aromatic carbocycles. The van der Waals surface area contributed by atoms with E-state index in [0.29, 0.717) is 11.4 Å². The number of urea groups is 1. The van der Waals surface area contributed by atoms with Crippen LogP contribution in [0.1, 0.15) is 32.1 Å². The lowest BCUT2D eigenvalue weighted by Crippen LogP contribution is -2.61. The molecule has 0 spiro atoms. The summed E-state index contributed by atoms with van der Waals surface area (Å²) >= 11 is 0. The highest BCUT2D eigenvalue weighted by Gasteiger charge is 2.32. The number of piperazine rings is 1. The number of ether oxygens (including phenoxy) is 1. The number of nitrogens with one attached hydrogen (secondary N) is 2. The predicted molar refractivity (Wildman–Crippen MR) is 95.6 cm³/mol. The van der Waals surface area contributed by atoms with E-state index in [2.05, 4.69) is 10.7 Å². The molecule has 1 aliphatic carbocycles. The number of amides is 4. The van der Waals surface area contributed by atoms with E-state index in [1.165, 1.54) is 11.3 Å². The molecule has 4 amide bonds. The monoisotopic (exact) mass is 360 g/mol. The van der Waals surface area contributed by atoms with Gasteiger partial charge in [-0.1, -0.05) is 25.3 Å². The van der Waals surface area contributed by atoms with Crippen LogP contribution in [0.2, 0.25) is 0 Å². The molecule has 2 fully saturated rings. The number of hydrazine groups is 1. The summed E-state index contributed by atoms with van der Waals surface area (Å²) in [5.41, 5.74) is 3.09. The van der Waals surface area contributed by atoms with Crippen LogP contribution in [0.25, 0.3) is 0 Å². The molecule has 8 heteroatoms. The first kappa shape index (κ1) is 18.0. The van der Waals surface area contributed by atoms with Crippen LogP contribution in [-0.2, 0) is 9.59 Å². The summed E-state index contributed by atoms with van der Waals surface area (Å²) in [7, 11) is 1.54. The van der Waals surface area contributed by atoms with E-state index >= 15 is 0 Å². The molecule has 0 aromatic heterocycles. The number of nitrogens with zero attached hydrogens (tertiary/aromatic N) is 2. The first-order chi connectivity index (χ1) is 12.6. The predicted octanol–water partition coefficient (Wildman–Crippen LogP) is 1.42. The largest absolute Gasteiger partial charge is 0.497 e. The molecule has 2 N–H and O–H groups in total. The minimum absolute atomic E-state index is 0.129. The molecule has 8 nitrogen and oxygen atoms in total. The summed E-state index contributed by atoms with van der Waals surface area (Å²) in [6.45, 7) is -0.330. The molecule has 26 heavy (non-hydrogen) atoms. The maximum Gasteiger partial charge on any atom is 0.333 e. The van der Waals surface area contributed by atoms with Crippen LogP contribution in [0.4, 0.5) is 10.5 Å². The molecule has 3 rings (SSSR count). The van der Waals surface area contributed by atoms with Crippen LogP contribution >= 0.6 is 0 Å². The van der Waals surface area contributed by atoms with Gasteiger partial charge in [0.15, 0.2) is 0 Å². The number of methoxy groups -OCH3 is 1. The fourth-order valence-corrected chi connectivity index (χ4v) is 3.32. The SMILES string of the molecule is COc1cccc(N2CC(=O)N(NC(=O)NC3CCCCC3)CC2=O)c1. The van der Waals surface area contributed by atoms with Gasteiger partial charge in [-0.15, -0.1) is 0 Å². The van der Waals surface area contributed by atoms with Crippen molar-refractivity contribution in [1.29, 1.82) is 0 Å². The average molecular weight is 360 g/mol. The molecule has 0 radical (unpaired) electrons. The Hall–Kier alpha value is -2.77.